The number of aryl methyl sites for hydroxylation is 2. The maximum absolute atomic E-state index is 12.4. The van der Waals surface area contributed by atoms with Gasteiger partial charge in [-0.25, -0.2) is 4.98 Å². The zero-order chi connectivity index (χ0) is 24.7. The van der Waals surface area contributed by atoms with Crippen LogP contribution in [0.2, 0.25) is 0 Å². The summed E-state index contributed by atoms with van der Waals surface area (Å²) in [7, 11) is 0. The second-order valence-corrected chi connectivity index (χ2v) is 9.04. The molecule has 2 heterocycles. The third-order valence-electron chi connectivity index (χ3n) is 6.10. The predicted molar refractivity (Wildman–Crippen MR) is 130 cm³/mol. The van der Waals surface area contributed by atoms with Gasteiger partial charge in [0, 0.05) is 25.8 Å². The molecule has 0 aliphatic heterocycles. The molecule has 0 bridgehead atoms. The fraction of sp³-hybridized carbons (Fsp3) is 0.423. The highest BCUT2D eigenvalue weighted by atomic mass is 16.5. The van der Waals surface area contributed by atoms with Crippen LogP contribution in [0, 0.1) is 6.92 Å². The molecule has 184 valence electrons. The number of carbonyl (C=O) groups is 2. The summed E-state index contributed by atoms with van der Waals surface area (Å²) in [6.45, 7) is 3.52. The van der Waals surface area contributed by atoms with Gasteiger partial charge in [0.05, 0.1) is 11.9 Å². The third-order valence-corrected chi connectivity index (χ3v) is 6.10. The fourth-order valence-corrected chi connectivity index (χ4v) is 4.31. The molecule has 9 heteroatoms. The first-order valence-corrected chi connectivity index (χ1v) is 12.0. The first-order chi connectivity index (χ1) is 16.9. The summed E-state index contributed by atoms with van der Waals surface area (Å²) in [6.07, 6.45) is 7.83. The van der Waals surface area contributed by atoms with E-state index in [4.69, 9.17) is 9.26 Å². The van der Waals surface area contributed by atoms with Gasteiger partial charge in [-0.05, 0) is 38.0 Å². The molecular formula is C26H31N5O4. The molecular weight excluding hydrogens is 446 g/mol. The Morgan fingerprint density at radius 1 is 1.06 bits per heavy atom. The fourth-order valence-electron chi connectivity index (χ4n) is 4.31. The molecule has 1 saturated carbocycles. The smallest absolute Gasteiger partial charge is 0.227 e. The normalized spacial score (nSPS) is 15.1. The van der Waals surface area contributed by atoms with Crippen molar-refractivity contribution in [2.75, 3.05) is 5.32 Å². The molecule has 3 aromatic rings. The van der Waals surface area contributed by atoms with Crippen LogP contribution in [0.25, 0.3) is 0 Å². The highest BCUT2D eigenvalue weighted by Gasteiger charge is 2.38. The summed E-state index contributed by atoms with van der Waals surface area (Å²) in [5, 5.41) is 10.0. The molecule has 0 atom stereocenters. The van der Waals surface area contributed by atoms with Crippen molar-refractivity contribution in [3.63, 3.8) is 0 Å². The monoisotopic (exact) mass is 477 g/mol. The second kappa shape index (κ2) is 11.1. The standard InChI is InChI=1S/C26H31N5O4/c1-18-7-10-21(11-8-18)34-23-13-9-20(17-27-23)28-22(33)12-14-24-29-25(31-35-24)26(30-19(2)32)15-5-3-4-6-16-26/h7-11,13,17H,3-6,12,14-16H2,1-2H3,(H,28,33)(H,30,32). The van der Waals surface area contributed by atoms with E-state index >= 15 is 0 Å². The molecule has 1 aromatic carbocycles. The lowest BCUT2D eigenvalue weighted by molar-refractivity contribution is -0.121. The van der Waals surface area contributed by atoms with Gasteiger partial charge in [0.1, 0.15) is 11.3 Å². The number of anilines is 1. The molecule has 4 rings (SSSR count). The summed E-state index contributed by atoms with van der Waals surface area (Å²) in [5.41, 5.74) is 1.12. The van der Waals surface area contributed by atoms with Crippen LogP contribution in [0.5, 0.6) is 11.6 Å². The van der Waals surface area contributed by atoms with Crippen molar-refractivity contribution in [1.29, 1.82) is 0 Å². The van der Waals surface area contributed by atoms with Crippen LogP contribution >= 0.6 is 0 Å². The lowest BCUT2D eigenvalue weighted by Gasteiger charge is -2.30. The molecule has 0 spiro atoms. The first-order valence-electron chi connectivity index (χ1n) is 12.0. The average Bonchev–Trinajstić information content (AvgIpc) is 3.20. The van der Waals surface area contributed by atoms with E-state index in [1.165, 1.54) is 6.92 Å². The van der Waals surface area contributed by atoms with E-state index in [0.717, 1.165) is 44.1 Å². The number of hydrogen-bond acceptors (Lipinski definition) is 7. The van der Waals surface area contributed by atoms with Gasteiger partial charge in [-0.3, -0.25) is 9.59 Å². The van der Waals surface area contributed by atoms with Crippen molar-refractivity contribution in [1.82, 2.24) is 20.4 Å². The van der Waals surface area contributed by atoms with Crippen molar-refractivity contribution in [3.05, 3.63) is 59.9 Å². The number of carbonyl (C=O) groups excluding carboxylic acids is 2. The molecule has 1 aliphatic rings. The molecule has 1 fully saturated rings. The van der Waals surface area contributed by atoms with Crippen LogP contribution in [0.1, 0.15) is 69.1 Å². The summed E-state index contributed by atoms with van der Waals surface area (Å²) in [5.74, 6) is 1.72. The van der Waals surface area contributed by atoms with Gasteiger partial charge in [0.15, 0.2) is 5.82 Å². The minimum absolute atomic E-state index is 0.110. The van der Waals surface area contributed by atoms with Gasteiger partial charge < -0.3 is 19.9 Å². The minimum atomic E-state index is -0.597. The molecule has 0 saturated heterocycles. The van der Waals surface area contributed by atoms with E-state index in [1.807, 2.05) is 31.2 Å². The van der Waals surface area contributed by atoms with Crippen LogP contribution in [0.4, 0.5) is 5.69 Å². The van der Waals surface area contributed by atoms with Gasteiger partial charge in [-0.1, -0.05) is 48.5 Å². The number of nitrogens with one attached hydrogen (secondary N) is 2. The third kappa shape index (κ3) is 6.65. The number of ether oxygens (including phenoxy) is 1. The van der Waals surface area contributed by atoms with Crippen LogP contribution in [-0.4, -0.2) is 26.9 Å². The quantitative estimate of drug-likeness (QED) is 0.446. The Morgan fingerprint density at radius 2 is 1.80 bits per heavy atom. The first kappa shape index (κ1) is 24.4. The van der Waals surface area contributed by atoms with Crippen molar-refractivity contribution in [3.8, 4) is 11.6 Å². The summed E-state index contributed by atoms with van der Waals surface area (Å²) < 4.78 is 11.1. The van der Waals surface area contributed by atoms with E-state index < -0.39 is 5.54 Å². The topological polar surface area (TPSA) is 119 Å². The second-order valence-electron chi connectivity index (χ2n) is 9.04. The number of nitrogens with zero attached hydrogens (tertiary/aromatic N) is 3. The van der Waals surface area contributed by atoms with Gasteiger partial charge in [0.25, 0.3) is 0 Å². The Morgan fingerprint density at radius 3 is 2.46 bits per heavy atom. The van der Waals surface area contributed by atoms with Crippen LogP contribution < -0.4 is 15.4 Å². The zero-order valence-electron chi connectivity index (χ0n) is 20.2. The highest BCUT2D eigenvalue weighted by molar-refractivity contribution is 5.90. The van der Waals surface area contributed by atoms with E-state index in [0.29, 0.717) is 35.5 Å². The van der Waals surface area contributed by atoms with Crippen molar-refractivity contribution in [2.24, 2.45) is 0 Å². The molecule has 35 heavy (non-hydrogen) atoms. The van der Waals surface area contributed by atoms with Gasteiger partial charge >= 0.3 is 0 Å². The van der Waals surface area contributed by atoms with E-state index in [9.17, 15) is 9.59 Å². The Balaban J connectivity index is 1.31. The molecule has 1 aliphatic carbocycles. The molecule has 2 aromatic heterocycles. The van der Waals surface area contributed by atoms with Crippen molar-refractivity contribution in [2.45, 2.75) is 70.8 Å². The zero-order valence-corrected chi connectivity index (χ0v) is 20.2. The van der Waals surface area contributed by atoms with Crippen molar-refractivity contribution < 1.29 is 18.8 Å². The molecule has 0 radical (unpaired) electrons. The van der Waals surface area contributed by atoms with Crippen LogP contribution in [0.15, 0.2) is 47.1 Å². The Labute approximate surface area is 204 Å². The lowest BCUT2D eigenvalue weighted by atomic mass is 9.89. The summed E-state index contributed by atoms with van der Waals surface area (Å²) in [6, 6.07) is 11.1. The van der Waals surface area contributed by atoms with Crippen molar-refractivity contribution >= 4 is 17.5 Å². The molecule has 2 amide bonds. The SMILES string of the molecule is CC(=O)NC1(c2noc(CCC(=O)Nc3ccc(Oc4ccc(C)cc4)nc3)n2)CCCCCC1. The maximum Gasteiger partial charge on any atom is 0.227 e. The maximum atomic E-state index is 12.4. The van der Waals surface area contributed by atoms with Gasteiger partial charge in [-0.15, -0.1) is 0 Å². The number of aromatic nitrogens is 3. The van der Waals surface area contributed by atoms with Gasteiger partial charge in [0.2, 0.25) is 23.6 Å². The number of rotatable bonds is 8. The number of benzene rings is 1. The average molecular weight is 478 g/mol. The Kier molecular flexibility index (Phi) is 7.74. The number of hydrogen-bond donors (Lipinski definition) is 2. The molecule has 9 nitrogen and oxygen atoms in total. The minimum Gasteiger partial charge on any atom is -0.439 e. The van der Waals surface area contributed by atoms with E-state index in [1.54, 1.807) is 18.3 Å². The summed E-state index contributed by atoms with van der Waals surface area (Å²) >= 11 is 0. The summed E-state index contributed by atoms with van der Waals surface area (Å²) in [4.78, 5) is 33.1. The lowest BCUT2D eigenvalue weighted by Crippen LogP contribution is -2.45. The Bertz CT molecular complexity index is 1130. The predicted octanol–water partition coefficient (Wildman–Crippen LogP) is 4.82. The van der Waals surface area contributed by atoms with E-state index in [-0.39, 0.29) is 18.2 Å². The Hall–Kier alpha value is -3.75. The highest BCUT2D eigenvalue weighted by Crippen LogP contribution is 2.34. The molecule has 0 unspecified atom stereocenters. The number of pyridine rings is 1. The van der Waals surface area contributed by atoms with E-state index in [2.05, 4.69) is 25.8 Å². The molecule has 2 N–H and O–H groups in total. The van der Waals surface area contributed by atoms with Crippen LogP contribution in [0.3, 0.4) is 0 Å². The van der Waals surface area contributed by atoms with Crippen LogP contribution in [-0.2, 0) is 21.5 Å². The van der Waals surface area contributed by atoms with Gasteiger partial charge in [-0.2, -0.15) is 4.98 Å². The largest absolute Gasteiger partial charge is 0.439 e. The number of amides is 2.